The summed E-state index contributed by atoms with van der Waals surface area (Å²) in [4.78, 5) is 15.6. The number of carbonyl (C=O) groups is 1. The van der Waals surface area contributed by atoms with E-state index in [0.29, 0.717) is 5.56 Å². The number of amides is 1. The minimum Gasteiger partial charge on any atom is -0.496 e. The van der Waals surface area contributed by atoms with Crippen LogP contribution < -0.4 is 14.9 Å². The molecule has 1 heterocycles. The van der Waals surface area contributed by atoms with Crippen LogP contribution in [0.2, 0.25) is 0 Å². The van der Waals surface area contributed by atoms with Crippen molar-refractivity contribution in [3.63, 3.8) is 0 Å². The maximum atomic E-state index is 12.3. The second-order valence-corrected chi connectivity index (χ2v) is 4.39. The van der Waals surface area contributed by atoms with Gasteiger partial charge in [0.15, 0.2) is 0 Å². The lowest BCUT2D eigenvalue weighted by molar-refractivity contribution is -0.274. The Bertz CT molecular complexity index is 734. The summed E-state index contributed by atoms with van der Waals surface area (Å²) in [6, 6.07) is 6.48. The number of benzene rings is 1. The highest BCUT2D eigenvalue weighted by atomic mass is 19.4. The van der Waals surface area contributed by atoms with Crippen molar-refractivity contribution in [1.82, 2.24) is 10.4 Å². The number of halogens is 3. The molecule has 1 aromatic heterocycles. The number of alkyl halides is 3. The molecular weight excluding hydrogens is 327 g/mol. The van der Waals surface area contributed by atoms with E-state index in [9.17, 15) is 18.0 Å². The lowest BCUT2D eigenvalue weighted by atomic mass is 10.2. The first-order chi connectivity index (χ1) is 11.4. The third kappa shape index (κ3) is 4.97. The number of rotatable bonds is 5. The third-order valence-electron chi connectivity index (χ3n) is 2.75. The molecule has 0 spiro atoms. The van der Waals surface area contributed by atoms with Crippen molar-refractivity contribution in [2.24, 2.45) is 5.10 Å². The fourth-order valence-corrected chi connectivity index (χ4v) is 1.74. The summed E-state index contributed by atoms with van der Waals surface area (Å²) in [5, 5.41) is 3.70. The zero-order valence-corrected chi connectivity index (χ0v) is 12.4. The van der Waals surface area contributed by atoms with Gasteiger partial charge in [0.05, 0.1) is 13.3 Å². The zero-order valence-electron chi connectivity index (χ0n) is 12.4. The molecule has 0 fully saturated rings. The van der Waals surface area contributed by atoms with Crippen molar-refractivity contribution < 1.29 is 27.4 Å². The maximum Gasteiger partial charge on any atom is 0.573 e. The number of aromatic nitrogens is 1. The van der Waals surface area contributed by atoms with Crippen LogP contribution in [0.1, 0.15) is 15.9 Å². The topological polar surface area (TPSA) is 72.8 Å². The van der Waals surface area contributed by atoms with Crippen molar-refractivity contribution >= 4 is 12.1 Å². The molecule has 2 rings (SSSR count). The number of ether oxygens (including phenoxy) is 2. The van der Waals surface area contributed by atoms with Gasteiger partial charge in [0, 0.05) is 23.5 Å². The minimum absolute atomic E-state index is 0.203. The molecule has 1 amide bonds. The molecule has 126 valence electrons. The molecule has 0 aliphatic heterocycles. The van der Waals surface area contributed by atoms with Gasteiger partial charge in [-0.2, -0.15) is 5.10 Å². The Morgan fingerprint density at radius 2 is 1.96 bits per heavy atom. The lowest BCUT2D eigenvalue weighted by Crippen LogP contribution is -2.18. The predicted molar refractivity (Wildman–Crippen MR) is 79.0 cm³/mol. The Morgan fingerprint density at radius 3 is 2.58 bits per heavy atom. The van der Waals surface area contributed by atoms with Gasteiger partial charge in [-0.3, -0.25) is 9.78 Å². The summed E-state index contributed by atoms with van der Waals surface area (Å²) < 4.78 is 45.6. The highest BCUT2D eigenvalue weighted by Gasteiger charge is 2.31. The van der Waals surface area contributed by atoms with Crippen LogP contribution in [-0.4, -0.2) is 30.6 Å². The quantitative estimate of drug-likeness (QED) is 0.671. The fourth-order valence-electron chi connectivity index (χ4n) is 1.74. The fraction of sp³-hybridized carbons (Fsp3) is 0.133. The van der Waals surface area contributed by atoms with Gasteiger partial charge in [-0.25, -0.2) is 5.43 Å². The number of nitrogens with zero attached hydrogens (tertiary/aromatic N) is 2. The lowest BCUT2D eigenvalue weighted by Gasteiger charge is -2.11. The highest BCUT2D eigenvalue weighted by Crippen LogP contribution is 2.27. The summed E-state index contributed by atoms with van der Waals surface area (Å²) in [6.07, 6.45) is -0.765. The van der Waals surface area contributed by atoms with Crippen molar-refractivity contribution in [3.05, 3.63) is 53.9 Å². The summed E-state index contributed by atoms with van der Waals surface area (Å²) in [5.41, 5.74) is 2.79. The predicted octanol–water partition coefficient (Wildman–Crippen LogP) is 2.75. The van der Waals surface area contributed by atoms with E-state index in [1.807, 2.05) is 0 Å². The molecule has 0 aliphatic rings. The van der Waals surface area contributed by atoms with Crippen LogP contribution in [0.5, 0.6) is 11.5 Å². The summed E-state index contributed by atoms with van der Waals surface area (Å²) in [7, 11) is 1.35. The van der Waals surface area contributed by atoms with E-state index in [4.69, 9.17) is 4.74 Å². The van der Waals surface area contributed by atoms with Crippen LogP contribution in [0.15, 0.2) is 47.8 Å². The Labute approximate surface area is 134 Å². The number of hydrazone groups is 1. The molecule has 0 saturated carbocycles. The van der Waals surface area contributed by atoms with Crippen molar-refractivity contribution in [3.8, 4) is 11.5 Å². The monoisotopic (exact) mass is 339 g/mol. The molecule has 0 atom stereocenters. The van der Waals surface area contributed by atoms with Crippen molar-refractivity contribution in [2.45, 2.75) is 6.36 Å². The molecule has 1 aromatic carbocycles. The standard InChI is InChI=1S/C15H12F3N3O3/c1-23-13-3-2-12(24-15(16,17)18)8-11(13)9-20-21-14(22)10-4-6-19-7-5-10/h2-9H,1H3,(H,21,22)/b20-9+. The number of hydrogen-bond acceptors (Lipinski definition) is 5. The maximum absolute atomic E-state index is 12.3. The molecule has 0 aliphatic carbocycles. The SMILES string of the molecule is COc1ccc(OC(F)(F)F)cc1/C=N/NC(=O)c1ccncc1. The van der Waals surface area contributed by atoms with Gasteiger partial charge in [-0.15, -0.1) is 13.2 Å². The zero-order chi connectivity index (χ0) is 17.6. The molecule has 6 nitrogen and oxygen atoms in total. The first kappa shape index (κ1) is 17.3. The van der Waals surface area contributed by atoms with Crippen LogP contribution in [0.25, 0.3) is 0 Å². The largest absolute Gasteiger partial charge is 0.573 e. The average Bonchev–Trinajstić information content (AvgIpc) is 2.54. The Morgan fingerprint density at radius 1 is 1.25 bits per heavy atom. The van der Waals surface area contributed by atoms with E-state index in [0.717, 1.165) is 18.3 Å². The van der Waals surface area contributed by atoms with Crippen LogP contribution in [0, 0.1) is 0 Å². The molecule has 0 unspecified atom stereocenters. The van der Waals surface area contributed by atoms with E-state index in [2.05, 4.69) is 20.2 Å². The normalized spacial score (nSPS) is 11.3. The van der Waals surface area contributed by atoms with E-state index < -0.39 is 18.0 Å². The molecule has 1 N–H and O–H groups in total. The Balaban J connectivity index is 2.12. The first-order valence-electron chi connectivity index (χ1n) is 6.56. The van der Waals surface area contributed by atoms with Gasteiger partial charge in [-0.05, 0) is 30.3 Å². The van der Waals surface area contributed by atoms with Crippen LogP contribution in [-0.2, 0) is 0 Å². The van der Waals surface area contributed by atoms with E-state index in [-0.39, 0.29) is 11.3 Å². The number of hydrogen-bond donors (Lipinski definition) is 1. The van der Waals surface area contributed by atoms with Crippen molar-refractivity contribution in [2.75, 3.05) is 7.11 Å². The van der Waals surface area contributed by atoms with E-state index >= 15 is 0 Å². The van der Waals surface area contributed by atoms with Gasteiger partial charge >= 0.3 is 6.36 Å². The molecular formula is C15H12F3N3O3. The van der Waals surface area contributed by atoms with Crippen molar-refractivity contribution in [1.29, 1.82) is 0 Å². The molecule has 0 radical (unpaired) electrons. The third-order valence-corrected chi connectivity index (χ3v) is 2.75. The molecule has 0 bridgehead atoms. The van der Waals surface area contributed by atoms with Gasteiger partial charge in [-0.1, -0.05) is 0 Å². The van der Waals surface area contributed by atoms with E-state index in [1.54, 1.807) is 0 Å². The minimum atomic E-state index is -4.81. The molecule has 2 aromatic rings. The van der Waals surface area contributed by atoms with Crippen LogP contribution >= 0.6 is 0 Å². The number of pyridine rings is 1. The number of methoxy groups -OCH3 is 1. The average molecular weight is 339 g/mol. The van der Waals surface area contributed by atoms with Gasteiger partial charge in [0.1, 0.15) is 11.5 Å². The molecule has 0 saturated heterocycles. The molecule has 9 heteroatoms. The number of carbonyl (C=O) groups excluding carboxylic acids is 1. The summed E-state index contributed by atoms with van der Waals surface area (Å²) >= 11 is 0. The van der Waals surface area contributed by atoms with Crippen LogP contribution in [0.4, 0.5) is 13.2 Å². The van der Waals surface area contributed by atoms with Crippen LogP contribution in [0.3, 0.4) is 0 Å². The summed E-state index contributed by atoms with van der Waals surface area (Å²) in [5.74, 6) is -0.646. The first-order valence-corrected chi connectivity index (χ1v) is 6.56. The van der Waals surface area contributed by atoms with Gasteiger partial charge in [0.25, 0.3) is 5.91 Å². The Hall–Kier alpha value is -3.10. The number of nitrogens with one attached hydrogen (secondary N) is 1. The van der Waals surface area contributed by atoms with Gasteiger partial charge < -0.3 is 9.47 Å². The molecule has 24 heavy (non-hydrogen) atoms. The Kier molecular flexibility index (Phi) is 5.35. The second-order valence-electron chi connectivity index (χ2n) is 4.39. The summed E-state index contributed by atoms with van der Waals surface area (Å²) in [6.45, 7) is 0. The smallest absolute Gasteiger partial charge is 0.496 e. The van der Waals surface area contributed by atoms with E-state index in [1.165, 1.54) is 37.7 Å². The van der Waals surface area contributed by atoms with Gasteiger partial charge in [0.2, 0.25) is 0 Å². The second kappa shape index (κ2) is 7.44. The highest BCUT2D eigenvalue weighted by molar-refractivity contribution is 5.95.